The zero-order chi connectivity index (χ0) is 28.1. The van der Waals surface area contributed by atoms with Crippen LogP contribution in [0.15, 0.2) is 84.9 Å². The van der Waals surface area contributed by atoms with Gasteiger partial charge in [-0.05, 0) is 59.7 Å². The van der Waals surface area contributed by atoms with Crippen LogP contribution >= 0.6 is 0 Å². The summed E-state index contributed by atoms with van der Waals surface area (Å²) in [5.41, 5.74) is 3.52. The number of anilines is 2. The van der Waals surface area contributed by atoms with E-state index in [0.717, 1.165) is 46.2 Å². The highest BCUT2D eigenvalue weighted by Gasteiger charge is 2.36. The van der Waals surface area contributed by atoms with E-state index in [1.54, 1.807) is 29.2 Å². The Balaban J connectivity index is 1.17. The minimum Gasteiger partial charge on any atom is -0.457 e. The monoisotopic (exact) mass is 536 g/mol. The Morgan fingerprint density at radius 1 is 0.875 bits per heavy atom. The van der Waals surface area contributed by atoms with Crippen molar-refractivity contribution < 1.29 is 23.9 Å². The number of ether oxygens (including phenoxy) is 2. The fourth-order valence-electron chi connectivity index (χ4n) is 5.05. The number of nitrogens with zero attached hydrogens (tertiary/aromatic N) is 1. The average molecular weight is 537 g/mol. The van der Waals surface area contributed by atoms with Gasteiger partial charge in [0, 0.05) is 29.7 Å². The van der Waals surface area contributed by atoms with Crippen molar-refractivity contribution in [3.63, 3.8) is 0 Å². The molecule has 0 spiro atoms. The van der Waals surface area contributed by atoms with Crippen molar-refractivity contribution in [2.75, 3.05) is 23.4 Å². The van der Waals surface area contributed by atoms with E-state index in [1.807, 2.05) is 74.5 Å². The van der Waals surface area contributed by atoms with E-state index in [0.29, 0.717) is 11.4 Å². The molecule has 5 rings (SSSR count). The first kappa shape index (κ1) is 26.9. The summed E-state index contributed by atoms with van der Waals surface area (Å²) in [6, 6.07) is 27.0. The van der Waals surface area contributed by atoms with E-state index >= 15 is 0 Å². The lowest BCUT2D eigenvalue weighted by Gasteiger charge is -2.17. The molecule has 1 aliphatic heterocycles. The van der Waals surface area contributed by atoms with Gasteiger partial charge in [-0.3, -0.25) is 14.4 Å². The van der Waals surface area contributed by atoms with Gasteiger partial charge in [0.1, 0.15) is 11.5 Å². The number of nitrogens with one attached hydrogen (secondary N) is 1. The summed E-state index contributed by atoms with van der Waals surface area (Å²) in [5, 5.41) is 5.00. The number of fused-ring (bicyclic) bond motifs is 1. The molecule has 4 aromatic rings. The van der Waals surface area contributed by atoms with Gasteiger partial charge in [0.05, 0.1) is 5.92 Å². The fourth-order valence-corrected chi connectivity index (χ4v) is 5.05. The standard InChI is InChI=1S/C33H32N2O5/c1-3-22-10-7-11-23(4-2)32(22)34-30(36)21-39-33(38)25-19-31(37)35(20-25)26-15-17-27(18-16-26)40-29-14-8-12-24-9-5-6-13-28(24)29/h5-18,25H,3-4,19-21H2,1-2H3,(H,34,36)/t25-/m1/s1. The Hall–Kier alpha value is -4.65. The summed E-state index contributed by atoms with van der Waals surface area (Å²) < 4.78 is 11.4. The van der Waals surface area contributed by atoms with Crippen LogP contribution in [0.5, 0.6) is 11.5 Å². The number of benzene rings is 4. The van der Waals surface area contributed by atoms with Gasteiger partial charge in [0.25, 0.3) is 5.91 Å². The van der Waals surface area contributed by atoms with Crippen molar-refractivity contribution in [3.05, 3.63) is 96.1 Å². The second-order valence-electron chi connectivity index (χ2n) is 9.79. The van der Waals surface area contributed by atoms with Gasteiger partial charge in [0.2, 0.25) is 5.91 Å². The van der Waals surface area contributed by atoms with Gasteiger partial charge in [-0.1, -0.05) is 68.4 Å². The third kappa shape index (κ3) is 5.83. The first-order chi connectivity index (χ1) is 19.5. The molecule has 0 aliphatic carbocycles. The molecule has 4 aromatic carbocycles. The number of esters is 1. The maximum atomic E-state index is 12.7. The van der Waals surface area contributed by atoms with Crippen molar-refractivity contribution >= 4 is 39.9 Å². The quantitative estimate of drug-likeness (QED) is 0.254. The van der Waals surface area contributed by atoms with Crippen LogP contribution in [0.2, 0.25) is 0 Å². The molecule has 2 amide bonds. The number of hydrogen-bond donors (Lipinski definition) is 1. The number of carbonyl (C=O) groups excluding carboxylic acids is 3. The summed E-state index contributed by atoms with van der Waals surface area (Å²) >= 11 is 0. The minimum atomic E-state index is -0.638. The Morgan fingerprint density at radius 2 is 1.55 bits per heavy atom. The fraction of sp³-hybridized carbons (Fsp3) is 0.242. The number of carbonyl (C=O) groups is 3. The zero-order valence-corrected chi connectivity index (χ0v) is 22.7. The molecule has 0 radical (unpaired) electrons. The Bertz CT molecular complexity index is 1520. The first-order valence-electron chi connectivity index (χ1n) is 13.6. The van der Waals surface area contributed by atoms with Crippen molar-refractivity contribution in [2.45, 2.75) is 33.1 Å². The van der Waals surface area contributed by atoms with Crippen LogP contribution in [0.3, 0.4) is 0 Å². The van der Waals surface area contributed by atoms with Crippen LogP contribution in [0.25, 0.3) is 10.8 Å². The second kappa shape index (κ2) is 12.0. The van der Waals surface area contributed by atoms with Gasteiger partial charge in [-0.2, -0.15) is 0 Å². The second-order valence-corrected chi connectivity index (χ2v) is 9.79. The van der Waals surface area contributed by atoms with Crippen LogP contribution in [0, 0.1) is 5.92 Å². The maximum Gasteiger partial charge on any atom is 0.311 e. The molecule has 40 heavy (non-hydrogen) atoms. The Labute approximate surface area is 233 Å². The van der Waals surface area contributed by atoms with Crippen LogP contribution in [0.1, 0.15) is 31.4 Å². The molecule has 0 bridgehead atoms. The SMILES string of the molecule is CCc1cccc(CC)c1NC(=O)COC(=O)[C@@H]1CC(=O)N(c2ccc(Oc3cccc4ccccc34)cc2)C1. The lowest BCUT2D eigenvalue weighted by atomic mass is 10.0. The van der Waals surface area contributed by atoms with E-state index in [2.05, 4.69) is 5.32 Å². The predicted octanol–water partition coefficient (Wildman–Crippen LogP) is 6.29. The molecular formula is C33H32N2O5. The summed E-state index contributed by atoms with van der Waals surface area (Å²) in [6.45, 7) is 3.85. The molecule has 1 aliphatic rings. The lowest BCUT2D eigenvalue weighted by molar-refractivity contribution is -0.151. The Morgan fingerprint density at radius 3 is 2.27 bits per heavy atom. The van der Waals surface area contributed by atoms with Gasteiger partial charge < -0.3 is 19.7 Å². The van der Waals surface area contributed by atoms with Gasteiger partial charge in [0.15, 0.2) is 6.61 Å². The van der Waals surface area contributed by atoms with Gasteiger partial charge >= 0.3 is 5.97 Å². The van der Waals surface area contributed by atoms with E-state index in [9.17, 15) is 14.4 Å². The zero-order valence-electron chi connectivity index (χ0n) is 22.7. The predicted molar refractivity (Wildman–Crippen MR) is 156 cm³/mol. The van der Waals surface area contributed by atoms with Crippen molar-refractivity contribution in [1.29, 1.82) is 0 Å². The third-order valence-corrected chi connectivity index (χ3v) is 7.19. The normalized spacial score (nSPS) is 14.8. The molecule has 204 valence electrons. The first-order valence-corrected chi connectivity index (χ1v) is 13.6. The van der Waals surface area contributed by atoms with Gasteiger partial charge in [-0.15, -0.1) is 0 Å². The van der Waals surface area contributed by atoms with Gasteiger partial charge in [-0.25, -0.2) is 0 Å². The summed E-state index contributed by atoms with van der Waals surface area (Å²) in [6.07, 6.45) is 1.59. The van der Waals surface area contributed by atoms with Crippen LogP contribution in [-0.4, -0.2) is 30.9 Å². The largest absolute Gasteiger partial charge is 0.457 e. The maximum absolute atomic E-state index is 12.7. The molecule has 1 atom stereocenters. The van der Waals surface area contributed by atoms with E-state index in [-0.39, 0.29) is 18.9 Å². The number of amides is 2. The number of aryl methyl sites for hydroxylation is 2. The highest BCUT2D eigenvalue weighted by atomic mass is 16.5. The molecule has 1 saturated heterocycles. The number of rotatable bonds is 9. The van der Waals surface area contributed by atoms with Crippen LogP contribution < -0.4 is 15.0 Å². The smallest absolute Gasteiger partial charge is 0.311 e. The summed E-state index contributed by atoms with van der Waals surface area (Å²) in [5.74, 6) is -0.364. The molecule has 1 fully saturated rings. The molecule has 1 heterocycles. The molecule has 7 nitrogen and oxygen atoms in total. The summed E-state index contributed by atoms with van der Waals surface area (Å²) in [7, 11) is 0. The average Bonchev–Trinajstić information content (AvgIpc) is 3.38. The topological polar surface area (TPSA) is 84.9 Å². The highest BCUT2D eigenvalue weighted by molar-refractivity contribution is 6.00. The van der Waals surface area contributed by atoms with E-state index in [1.165, 1.54) is 0 Å². The van der Waals surface area contributed by atoms with Crippen molar-refractivity contribution in [3.8, 4) is 11.5 Å². The number of hydrogen-bond acceptors (Lipinski definition) is 5. The minimum absolute atomic E-state index is 0.0351. The van der Waals surface area contributed by atoms with Crippen molar-refractivity contribution in [1.82, 2.24) is 0 Å². The summed E-state index contributed by atoms with van der Waals surface area (Å²) in [4.78, 5) is 39.6. The molecule has 0 unspecified atom stereocenters. The van der Waals surface area contributed by atoms with Crippen LogP contribution in [0.4, 0.5) is 11.4 Å². The molecular weight excluding hydrogens is 504 g/mol. The molecule has 0 aromatic heterocycles. The highest BCUT2D eigenvalue weighted by Crippen LogP contribution is 2.32. The molecule has 0 saturated carbocycles. The molecule has 1 N–H and O–H groups in total. The van der Waals surface area contributed by atoms with E-state index < -0.39 is 24.4 Å². The Kier molecular flexibility index (Phi) is 8.10. The number of para-hydroxylation sites is 1. The van der Waals surface area contributed by atoms with Crippen molar-refractivity contribution in [2.24, 2.45) is 5.92 Å². The van der Waals surface area contributed by atoms with Crippen LogP contribution in [-0.2, 0) is 32.0 Å². The van der Waals surface area contributed by atoms with E-state index in [4.69, 9.17) is 9.47 Å². The molecule has 7 heteroatoms. The third-order valence-electron chi connectivity index (χ3n) is 7.19. The lowest BCUT2D eigenvalue weighted by Crippen LogP contribution is -2.28.